The van der Waals surface area contributed by atoms with Gasteiger partial charge in [0.15, 0.2) is 0 Å². The zero-order valence-corrected chi connectivity index (χ0v) is 17.7. The van der Waals surface area contributed by atoms with Gasteiger partial charge in [0.1, 0.15) is 11.2 Å². The standard InChI is InChI=1S/C22H26ClFN2OS/c1-2-3-12-25(15-17-8-4-7-11-20(17)24)16-21(27)26-13-14-28-22(26)18-9-5-6-10-19(18)23/h4-11,22H,2-3,12-16H2,1H3/t22-/m1/s1. The molecule has 3 rings (SSSR count). The van der Waals surface area contributed by atoms with E-state index in [9.17, 15) is 9.18 Å². The molecular weight excluding hydrogens is 395 g/mol. The first-order valence-corrected chi connectivity index (χ1v) is 11.1. The predicted molar refractivity (Wildman–Crippen MR) is 115 cm³/mol. The minimum Gasteiger partial charge on any atom is -0.325 e. The molecule has 1 atom stereocenters. The predicted octanol–water partition coefficient (Wildman–Crippen LogP) is 5.36. The van der Waals surface area contributed by atoms with Gasteiger partial charge in [-0.25, -0.2) is 4.39 Å². The highest BCUT2D eigenvalue weighted by atomic mass is 35.5. The number of carbonyl (C=O) groups is 1. The molecule has 2 aromatic rings. The van der Waals surface area contributed by atoms with E-state index in [4.69, 9.17) is 11.6 Å². The van der Waals surface area contributed by atoms with Gasteiger partial charge in [-0.3, -0.25) is 9.69 Å². The van der Waals surface area contributed by atoms with E-state index >= 15 is 0 Å². The lowest BCUT2D eigenvalue weighted by Crippen LogP contribution is -2.40. The summed E-state index contributed by atoms with van der Waals surface area (Å²) in [5.74, 6) is 0.744. The van der Waals surface area contributed by atoms with Crippen LogP contribution in [0.4, 0.5) is 4.39 Å². The van der Waals surface area contributed by atoms with Crippen molar-refractivity contribution in [3.05, 3.63) is 70.5 Å². The van der Waals surface area contributed by atoms with Crippen LogP contribution in [0.1, 0.15) is 36.3 Å². The summed E-state index contributed by atoms with van der Waals surface area (Å²) in [5, 5.41) is 0.636. The molecule has 1 amide bonds. The Morgan fingerprint density at radius 1 is 1.25 bits per heavy atom. The smallest absolute Gasteiger partial charge is 0.237 e. The van der Waals surface area contributed by atoms with Gasteiger partial charge in [0.05, 0.1) is 6.54 Å². The van der Waals surface area contributed by atoms with Crippen LogP contribution in [0.3, 0.4) is 0 Å². The molecular formula is C22H26ClFN2OS. The van der Waals surface area contributed by atoms with E-state index in [2.05, 4.69) is 11.8 Å². The molecule has 28 heavy (non-hydrogen) atoms. The molecule has 150 valence electrons. The van der Waals surface area contributed by atoms with E-state index in [1.807, 2.05) is 35.2 Å². The molecule has 1 aliphatic heterocycles. The van der Waals surface area contributed by atoms with Crippen LogP contribution in [-0.4, -0.2) is 41.1 Å². The third-order valence-electron chi connectivity index (χ3n) is 4.92. The first kappa shape index (κ1) is 21.2. The van der Waals surface area contributed by atoms with Crippen molar-refractivity contribution in [3.8, 4) is 0 Å². The maximum atomic E-state index is 14.1. The lowest BCUT2D eigenvalue weighted by atomic mass is 10.1. The number of amides is 1. The molecule has 0 aromatic heterocycles. The molecule has 1 fully saturated rings. The highest BCUT2D eigenvalue weighted by molar-refractivity contribution is 7.99. The molecule has 1 heterocycles. The highest BCUT2D eigenvalue weighted by Gasteiger charge is 2.32. The third-order valence-corrected chi connectivity index (χ3v) is 6.51. The van der Waals surface area contributed by atoms with Gasteiger partial charge in [-0.15, -0.1) is 11.8 Å². The molecule has 0 aliphatic carbocycles. The van der Waals surface area contributed by atoms with Gasteiger partial charge in [-0.1, -0.05) is 61.3 Å². The number of hydrogen-bond acceptors (Lipinski definition) is 3. The zero-order valence-electron chi connectivity index (χ0n) is 16.1. The van der Waals surface area contributed by atoms with Crippen LogP contribution < -0.4 is 0 Å². The maximum absolute atomic E-state index is 14.1. The number of hydrogen-bond donors (Lipinski definition) is 0. The minimum atomic E-state index is -0.220. The Hall–Kier alpha value is -1.56. The fourth-order valence-electron chi connectivity index (χ4n) is 3.40. The molecule has 0 bridgehead atoms. The molecule has 6 heteroatoms. The van der Waals surface area contributed by atoms with Crippen LogP contribution in [0.15, 0.2) is 48.5 Å². The van der Waals surface area contributed by atoms with E-state index in [0.717, 1.165) is 30.7 Å². The Bertz CT molecular complexity index is 804. The van der Waals surface area contributed by atoms with E-state index in [1.54, 1.807) is 23.9 Å². The lowest BCUT2D eigenvalue weighted by Gasteiger charge is -2.29. The van der Waals surface area contributed by atoms with E-state index in [0.29, 0.717) is 23.7 Å². The summed E-state index contributed by atoms with van der Waals surface area (Å²) in [6.07, 6.45) is 2.01. The number of rotatable bonds is 8. The second-order valence-electron chi connectivity index (χ2n) is 6.99. The van der Waals surface area contributed by atoms with Gasteiger partial charge in [0.2, 0.25) is 5.91 Å². The van der Waals surface area contributed by atoms with Crippen LogP contribution in [0.25, 0.3) is 0 Å². The summed E-state index contributed by atoms with van der Waals surface area (Å²) in [4.78, 5) is 17.1. The molecule has 1 aliphatic rings. The largest absolute Gasteiger partial charge is 0.325 e. The van der Waals surface area contributed by atoms with Crippen molar-refractivity contribution in [2.75, 3.05) is 25.4 Å². The first-order valence-electron chi connectivity index (χ1n) is 9.71. The fourth-order valence-corrected chi connectivity index (χ4v) is 5.02. The van der Waals surface area contributed by atoms with Crippen LogP contribution >= 0.6 is 23.4 Å². The molecule has 1 saturated heterocycles. The quantitative estimate of drug-likeness (QED) is 0.574. The Labute approximate surface area is 175 Å². The van der Waals surface area contributed by atoms with E-state index in [-0.39, 0.29) is 23.6 Å². The van der Waals surface area contributed by atoms with Crippen molar-refractivity contribution in [1.82, 2.24) is 9.80 Å². The van der Waals surface area contributed by atoms with E-state index < -0.39 is 0 Å². The summed E-state index contributed by atoms with van der Waals surface area (Å²) >= 11 is 8.11. The number of halogens is 2. The SMILES string of the molecule is CCCCN(CC(=O)N1CCS[C@@H]1c1ccccc1Cl)Cc1ccccc1F. The number of nitrogens with zero attached hydrogens (tertiary/aromatic N) is 2. The molecule has 0 radical (unpaired) electrons. The number of benzene rings is 2. The van der Waals surface area contributed by atoms with E-state index in [1.165, 1.54) is 6.07 Å². The molecule has 0 N–H and O–H groups in total. The molecule has 0 unspecified atom stereocenters. The minimum absolute atomic E-state index is 0.0531. The van der Waals surface area contributed by atoms with Crippen molar-refractivity contribution in [2.24, 2.45) is 0 Å². The van der Waals surface area contributed by atoms with Crippen LogP contribution in [0.5, 0.6) is 0 Å². The van der Waals surface area contributed by atoms with Gasteiger partial charge in [0, 0.05) is 35.0 Å². The average molecular weight is 421 g/mol. The van der Waals surface area contributed by atoms with Crippen molar-refractivity contribution >= 4 is 29.3 Å². The molecule has 0 spiro atoms. The van der Waals surface area contributed by atoms with Gasteiger partial charge in [-0.05, 0) is 25.1 Å². The number of unbranched alkanes of at least 4 members (excludes halogenated alkanes) is 1. The third kappa shape index (κ3) is 5.28. The Balaban J connectivity index is 1.71. The summed E-state index contributed by atoms with van der Waals surface area (Å²) in [6, 6.07) is 14.5. The summed E-state index contributed by atoms with van der Waals surface area (Å²) in [5.41, 5.74) is 1.61. The normalized spacial score (nSPS) is 16.7. The monoisotopic (exact) mass is 420 g/mol. The van der Waals surface area contributed by atoms with Gasteiger partial charge < -0.3 is 4.90 Å². The molecule has 0 saturated carbocycles. The maximum Gasteiger partial charge on any atom is 0.237 e. The second kappa shape index (κ2) is 10.3. The van der Waals surface area contributed by atoms with Gasteiger partial charge in [-0.2, -0.15) is 0 Å². The Kier molecular flexibility index (Phi) is 7.77. The van der Waals surface area contributed by atoms with Crippen molar-refractivity contribution in [2.45, 2.75) is 31.7 Å². The summed E-state index contributed by atoms with van der Waals surface area (Å²) in [6.45, 7) is 4.33. The summed E-state index contributed by atoms with van der Waals surface area (Å²) in [7, 11) is 0. The number of carbonyl (C=O) groups excluding carboxylic acids is 1. The first-order chi connectivity index (χ1) is 13.6. The number of thioether (sulfide) groups is 1. The lowest BCUT2D eigenvalue weighted by molar-refractivity contribution is -0.132. The van der Waals surface area contributed by atoms with Gasteiger partial charge >= 0.3 is 0 Å². The second-order valence-corrected chi connectivity index (χ2v) is 8.58. The van der Waals surface area contributed by atoms with Crippen molar-refractivity contribution < 1.29 is 9.18 Å². The van der Waals surface area contributed by atoms with Crippen molar-refractivity contribution in [3.63, 3.8) is 0 Å². The Morgan fingerprint density at radius 3 is 2.75 bits per heavy atom. The van der Waals surface area contributed by atoms with Crippen LogP contribution in [0, 0.1) is 5.82 Å². The Morgan fingerprint density at radius 2 is 2.00 bits per heavy atom. The van der Waals surface area contributed by atoms with Crippen LogP contribution in [-0.2, 0) is 11.3 Å². The fraction of sp³-hybridized carbons (Fsp3) is 0.409. The van der Waals surface area contributed by atoms with Crippen LogP contribution in [0.2, 0.25) is 5.02 Å². The average Bonchev–Trinajstić information content (AvgIpc) is 3.18. The molecule has 3 nitrogen and oxygen atoms in total. The molecule has 2 aromatic carbocycles. The summed E-state index contributed by atoms with van der Waals surface area (Å²) < 4.78 is 14.1. The van der Waals surface area contributed by atoms with Crippen molar-refractivity contribution in [1.29, 1.82) is 0 Å². The topological polar surface area (TPSA) is 23.6 Å². The highest BCUT2D eigenvalue weighted by Crippen LogP contribution is 2.40. The zero-order chi connectivity index (χ0) is 19.9. The van der Waals surface area contributed by atoms with Gasteiger partial charge in [0.25, 0.3) is 0 Å².